The molecule has 0 spiro atoms. The maximum Gasteiger partial charge on any atom is 0.346 e. The Morgan fingerprint density at radius 1 is 1.45 bits per heavy atom. The first-order valence-electron chi connectivity index (χ1n) is 5.51. The minimum Gasteiger partial charge on any atom is -0.477 e. The summed E-state index contributed by atoms with van der Waals surface area (Å²) in [4.78, 5) is 14.7. The lowest BCUT2D eigenvalue weighted by molar-refractivity contribution is 0.0691. The highest BCUT2D eigenvalue weighted by Gasteiger charge is 2.26. The molecular weight excluding hydrogens is 288 g/mol. The van der Waals surface area contributed by atoms with Gasteiger partial charge < -0.3 is 5.11 Å². The zero-order valence-corrected chi connectivity index (χ0v) is 10.6. The van der Waals surface area contributed by atoms with Crippen LogP contribution in [0.4, 0.5) is 8.78 Å². The quantitative estimate of drug-likeness (QED) is 0.806. The smallest absolute Gasteiger partial charge is 0.346 e. The van der Waals surface area contributed by atoms with E-state index in [0.29, 0.717) is 11.3 Å². The average molecular weight is 295 g/mol. The molecule has 0 saturated heterocycles. The minimum atomic E-state index is -2.88. The number of imidazole rings is 1. The van der Waals surface area contributed by atoms with Gasteiger partial charge in [-0.05, 0) is 12.1 Å². The largest absolute Gasteiger partial charge is 0.477 e. The Bertz CT molecular complexity index is 797. The number of nitrogens with zero attached hydrogens (tertiary/aromatic N) is 3. The summed E-state index contributed by atoms with van der Waals surface area (Å²) in [6, 6.07) is 3.36. The van der Waals surface area contributed by atoms with Crippen LogP contribution in [-0.2, 0) is 0 Å². The normalized spacial score (nSPS) is 11.3. The van der Waals surface area contributed by atoms with E-state index in [9.17, 15) is 13.6 Å². The maximum atomic E-state index is 13.2. The van der Waals surface area contributed by atoms with Crippen molar-refractivity contribution >= 4 is 23.0 Å². The number of aromatic nitrogens is 3. The lowest BCUT2D eigenvalue weighted by Gasteiger charge is -2.04. The fraction of sp³-hybridized carbons (Fsp3) is 0.0833. The van der Waals surface area contributed by atoms with Gasteiger partial charge >= 0.3 is 5.97 Å². The van der Waals surface area contributed by atoms with Crippen LogP contribution >= 0.6 is 11.3 Å². The lowest BCUT2D eigenvalue weighted by atomic mass is 10.1. The van der Waals surface area contributed by atoms with Crippen LogP contribution < -0.4 is 0 Å². The molecule has 3 aromatic rings. The number of alkyl halides is 2. The minimum absolute atomic E-state index is 0.147. The first kappa shape index (κ1) is 12.7. The molecule has 0 atom stereocenters. The van der Waals surface area contributed by atoms with Crippen LogP contribution in [0.2, 0.25) is 0 Å². The van der Waals surface area contributed by atoms with Crippen LogP contribution in [0.1, 0.15) is 21.7 Å². The number of carboxylic acids is 1. The monoisotopic (exact) mass is 295 g/mol. The fourth-order valence-corrected chi connectivity index (χ4v) is 2.87. The highest BCUT2D eigenvalue weighted by atomic mass is 32.1. The van der Waals surface area contributed by atoms with Gasteiger partial charge in [-0.15, -0.1) is 11.3 Å². The Balaban J connectivity index is 2.27. The van der Waals surface area contributed by atoms with E-state index in [2.05, 4.69) is 10.1 Å². The van der Waals surface area contributed by atoms with Crippen LogP contribution in [0, 0.1) is 0 Å². The molecule has 8 heteroatoms. The number of thiophene rings is 1. The first-order valence-corrected chi connectivity index (χ1v) is 6.39. The molecule has 3 aromatic heterocycles. The Labute approximate surface area is 115 Å². The molecule has 0 fully saturated rings. The van der Waals surface area contributed by atoms with E-state index in [4.69, 9.17) is 5.11 Å². The molecule has 0 saturated carbocycles. The average Bonchev–Trinajstić information content (AvgIpc) is 3.01. The summed E-state index contributed by atoms with van der Waals surface area (Å²) in [6.07, 6.45) is 0.0312. The number of hydrogen-bond acceptors (Lipinski definition) is 4. The molecule has 0 amide bonds. The third-order valence-electron chi connectivity index (χ3n) is 2.80. The molecule has 1 N–H and O–H groups in total. The summed E-state index contributed by atoms with van der Waals surface area (Å²) in [7, 11) is 0. The van der Waals surface area contributed by atoms with Gasteiger partial charge in [-0.2, -0.15) is 5.10 Å². The summed E-state index contributed by atoms with van der Waals surface area (Å²) in [5.74, 6) is -1.36. The zero-order valence-electron chi connectivity index (χ0n) is 9.83. The van der Waals surface area contributed by atoms with Crippen LogP contribution in [0.25, 0.3) is 16.9 Å². The molecular formula is C12H7F2N3O2S. The summed E-state index contributed by atoms with van der Waals surface area (Å²) < 4.78 is 27.7. The Kier molecular flexibility index (Phi) is 2.94. The Hall–Kier alpha value is -2.35. The third kappa shape index (κ3) is 1.85. The van der Waals surface area contributed by atoms with Gasteiger partial charge in [-0.1, -0.05) is 0 Å². The standard InChI is InChI=1S/C12H7F2N3O2S/c13-11(14)9-6(5-20-10(9)12(18)19)7-4-15-8-2-1-3-16-17(7)8/h1-5,11H,(H,18,19). The van der Waals surface area contributed by atoms with Crippen LogP contribution in [-0.4, -0.2) is 25.7 Å². The predicted octanol–water partition coefficient (Wildman–Crippen LogP) is 3.09. The van der Waals surface area contributed by atoms with E-state index in [1.807, 2.05) is 0 Å². The van der Waals surface area contributed by atoms with Crippen molar-refractivity contribution in [2.75, 3.05) is 0 Å². The second-order valence-electron chi connectivity index (χ2n) is 3.94. The molecule has 3 rings (SSSR count). The van der Waals surface area contributed by atoms with E-state index in [1.54, 1.807) is 12.1 Å². The number of halogens is 2. The first-order chi connectivity index (χ1) is 9.59. The molecule has 0 aliphatic heterocycles. The summed E-state index contributed by atoms with van der Waals surface area (Å²) >= 11 is 0.771. The molecule has 0 aliphatic carbocycles. The van der Waals surface area contributed by atoms with Gasteiger partial charge in [0.15, 0.2) is 5.65 Å². The van der Waals surface area contributed by atoms with Crippen molar-refractivity contribution in [2.45, 2.75) is 6.43 Å². The van der Waals surface area contributed by atoms with E-state index in [0.717, 1.165) is 11.3 Å². The van der Waals surface area contributed by atoms with Crippen molar-refractivity contribution in [1.82, 2.24) is 14.6 Å². The molecule has 102 valence electrons. The molecule has 0 bridgehead atoms. The van der Waals surface area contributed by atoms with Gasteiger partial charge in [0.2, 0.25) is 0 Å². The molecule has 0 radical (unpaired) electrons. The Morgan fingerprint density at radius 2 is 2.25 bits per heavy atom. The second-order valence-corrected chi connectivity index (χ2v) is 4.81. The number of carboxylic acid groups (broad SMARTS) is 1. The van der Waals surface area contributed by atoms with Crippen LogP contribution in [0.3, 0.4) is 0 Å². The molecule has 5 nitrogen and oxygen atoms in total. The lowest BCUT2D eigenvalue weighted by Crippen LogP contribution is -2.00. The molecule has 0 aliphatic rings. The van der Waals surface area contributed by atoms with Crippen molar-refractivity contribution < 1.29 is 18.7 Å². The van der Waals surface area contributed by atoms with Crippen molar-refractivity contribution in [3.05, 3.63) is 40.3 Å². The zero-order chi connectivity index (χ0) is 14.3. The van der Waals surface area contributed by atoms with Crippen molar-refractivity contribution in [2.24, 2.45) is 0 Å². The maximum absolute atomic E-state index is 13.2. The van der Waals surface area contributed by atoms with Gasteiger partial charge in [0, 0.05) is 17.1 Å². The number of hydrogen-bond donors (Lipinski definition) is 1. The van der Waals surface area contributed by atoms with Gasteiger partial charge in [-0.3, -0.25) is 0 Å². The molecule has 0 unspecified atom stereocenters. The molecule has 3 heterocycles. The highest BCUT2D eigenvalue weighted by molar-refractivity contribution is 7.12. The summed E-state index contributed by atoms with van der Waals surface area (Å²) in [6.45, 7) is 0. The number of carbonyl (C=O) groups is 1. The van der Waals surface area contributed by atoms with Gasteiger partial charge in [0.1, 0.15) is 4.88 Å². The molecule has 0 aromatic carbocycles. The van der Waals surface area contributed by atoms with Gasteiger partial charge in [0.05, 0.1) is 17.5 Å². The topological polar surface area (TPSA) is 67.5 Å². The SMILES string of the molecule is O=C(O)c1scc(-c2cnc3cccnn23)c1C(F)F. The van der Waals surface area contributed by atoms with Crippen LogP contribution in [0.5, 0.6) is 0 Å². The Morgan fingerprint density at radius 3 is 2.95 bits per heavy atom. The van der Waals surface area contributed by atoms with Gasteiger partial charge in [-0.25, -0.2) is 23.1 Å². The van der Waals surface area contributed by atoms with E-state index in [-0.39, 0.29) is 10.4 Å². The third-order valence-corrected chi connectivity index (χ3v) is 3.78. The van der Waals surface area contributed by atoms with E-state index in [1.165, 1.54) is 22.3 Å². The number of rotatable bonds is 3. The predicted molar refractivity (Wildman–Crippen MR) is 68.2 cm³/mol. The highest BCUT2D eigenvalue weighted by Crippen LogP contribution is 2.38. The van der Waals surface area contributed by atoms with E-state index < -0.39 is 18.0 Å². The fourth-order valence-electron chi connectivity index (χ4n) is 1.96. The molecule has 20 heavy (non-hydrogen) atoms. The van der Waals surface area contributed by atoms with Gasteiger partial charge in [0.25, 0.3) is 6.43 Å². The number of fused-ring (bicyclic) bond motifs is 1. The van der Waals surface area contributed by atoms with Crippen molar-refractivity contribution in [3.63, 3.8) is 0 Å². The number of aromatic carboxylic acids is 1. The summed E-state index contributed by atoms with van der Waals surface area (Å²) in [5, 5.41) is 14.4. The van der Waals surface area contributed by atoms with Crippen molar-refractivity contribution in [3.8, 4) is 11.3 Å². The van der Waals surface area contributed by atoms with Crippen molar-refractivity contribution in [1.29, 1.82) is 0 Å². The summed E-state index contributed by atoms with van der Waals surface area (Å²) in [5.41, 5.74) is 0.508. The second kappa shape index (κ2) is 4.64. The van der Waals surface area contributed by atoms with E-state index >= 15 is 0 Å². The van der Waals surface area contributed by atoms with Crippen LogP contribution in [0.15, 0.2) is 29.9 Å².